The van der Waals surface area contributed by atoms with Crippen LogP contribution in [0.25, 0.3) is 0 Å². The van der Waals surface area contributed by atoms with Gasteiger partial charge in [-0.3, -0.25) is 4.68 Å². The van der Waals surface area contributed by atoms with Crippen molar-refractivity contribution in [3.63, 3.8) is 0 Å². The molecule has 0 spiro atoms. The van der Waals surface area contributed by atoms with Gasteiger partial charge >= 0.3 is 0 Å². The van der Waals surface area contributed by atoms with E-state index in [4.69, 9.17) is 4.74 Å². The highest BCUT2D eigenvalue weighted by molar-refractivity contribution is 5.39. The molecule has 1 aromatic rings. The van der Waals surface area contributed by atoms with Crippen molar-refractivity contribution in [2.75, 3.05) is 32.2 Å². The first kappa shape index (κ1) is 9.52. The molecule has 0 aromatic carbocycles. The third kappa shape index (κ3) is 1.90. The number of aromatic nitrogens is 2. The van der Waals surface area contributed by atoms with E-state index in [1.54, 1.807) is 0 Å². The second-order valence-corrected chi connectivity index (χ2v) is 3.92. The van der Waals surface area contributed by atoms with E-state index in [9.17, 15) is 0 Å². The van der Waals surface area contributed by atoms with Crippen molar-refractivity contribution < 1.29 is 4.74 Å². The van der Waals surface area contributed by atoms with Crippen LogP contribution in [0.1, 0.15) is 18.9 Å². The number of nitrogens with zero attached hydrogens (tertiary/aromatic N) is 3. The predicted octanol–water partition coefficient (Wildman–Crippen LogP) is 1.30. The molecule has 0 aliphatic carbocycles. The van der Waals surface area contributed by atoms with Crippen molar-refractivity contribution in [1.29, 1.82) is 0 Å². The zero-order valence-electron chi connectivity index (χ0n) is 8.81. The van der Waals surface area contributed by atoms with Gasteiger partial charge in [-0.1, -0.05) is 0 Å². The molecule has 78 valence electrons. The quantitative estimate of drug-likeness (QED) is 0.712. The van der Waals surface area contributed by atoms with Crippen molar-refractivity contribution in [2.45, 2.75) is 18.9 Å². The third-order valence-electron chi connectivity index (χ3n) is 2.67. The normalized spacial score (nSPS) is 18.4. The van der Waals surface area contributed by atoms with Gasteiger partial charge in [0.15, 0.2) is 0 Å². The molecule has 4 nitrogen and oxygen atoms in total. The summed E-state index contributed by atoms with van der Waals surface area (Å²) in [6.07, 6.45) is 6.18. The van der Waals surface area contributed by atoms with Crippen molar-refractivity contribution in [2.24, 2.45) is 0 Å². The molecule has 2 rings (SSSR count). The largest absolute Gasteiger partial charge is 0.381 e. The lowest BCUT2D eigenvalue weighted by atomic mass is 10.1. The second kappa shape index (κ2) is 4.00. The Morgan fingerprint density at radius 3 is 2.71 bits per heavy atom. The second-order valence-electron chi connectivity index (χ2n) is 3.92. The molecule has 1 aliphatic rings. The van der Waals surface area contributed by atoms with E-state index < -0.39 is 0 Å². The molecular formula is C10H17N3O. The average Bonchev–Trinajstić information content (AvgIpc) is 2.68. The molecule has 1 aliphatic heterocycles. The highest BCUT2D eigenvalue weighted by Crippen LogP contribution is 2.21. The summed E-state index contributed by atoms with van der Waals surface area (Å²) in [6.45, 7) is 1.73. The fourth-order valence-corrected chi connectivity index (χ4v) is 1.71. The average molecular weight is 195 g/mol. The summed E-state index contributed by atoms with van der Waals surface area (Å²) in [4.78, 5) is 2.07. The maximum absolute atomic E-state index is 5.32. The number of anilines is 1. The van der Waals surface area contributed by atoms with Crippen molar-refractivity contribution >= 4 is 5.69 Å². The highest BCUT2D eigenvalue weighted by atomic mass is 16.5. The SMILES string of the molecule is CN(C)c1cnn(C2CCOCC2)c1. The molecule has 0 amide bonds. The van der Waals surface area contributed by atoms with Crippen LogP contribution in [-0.2, 0) is 4.74 Å². The van der Waals surface area contributed by atoms with Crippen LogP contribution in [0.5, 0.6) is 0 Å². The smallest absolute Gasteiger partial charge is 0.0747 e. The Morgan fingerprint density at radius 2 is 2.14 bits per heavy atom. The minimum Gasteiger partial charge on any atom is -0.381 e. The molecule has 0 N–H and O–H groups in total. The highest BCUT2D eigenvalue weighted by Gasteiger charge is 2.16. The van der Waals surface area contributed by atoms with Crippen molar-refractivity contribution in [1.82, 2.24) is 9.78 Å². The van der Waals surface area contributed by atoms with E-state index >= 15 is 0 Å². The van der Waals surface area contributed by atoms with Gasteiger partial charge in [-0.15, -0.1) is 0 Å². The zero-order chi connectivity index (χ0) is 9.97. The molecular weight excluding hydrogens is 178 g/mol. The maximum atomic E-state index is 5.32. The first-order valence-electron chi connectivity index (χ1n) is 5.06. The Hall–Kier alpha value is -1.03. The van der Waals surface area contributed by atoms with Gasteiger partial charge in [0.05, 0.1) is 17.9 Å². The summed E-state index contributed by atoms with van der Waals surface area (Å²) < 4.78 is 7.39. The van der Waals surface area contributed by atoms with Gasteiger partial charge in [-0.05, 0) is 12.8 Å². The van der Waals surface area contributed by atoms with Crippen molar-refractivity contribution in [3.8, 4) is 0 Å². The summed E-state index contributed by atoms with van der Waals surface area (Å²) >= 11 is 0. The fraction of sp³-hybridized carbons (Fsp3) is 0.700. The molecule has 0 radical (unpaired) electrons. The summed E-state index contributed by atoms with van der Waals surface area (Å²) in [6, 6.07) is 0.525. The standard InChI is InChI=1S/C10H17N3O/c1-12(2)10-7-11-13(8-10)9-3-5-14-6-4-9/h7-9H,3-6H2,1-2H3. The minimum absolute atomic E-state index is 0.525. The van der Waals surface area contributed by atoms with Gasteiger partial charge < -0.3 is 9.64 Å². The number of hydrogen-bond acceptors (Lipinski definition) is 3. The van der Waals surface area contributed by atoms with Crippen LogP contribution < -0.4 is 4.90 Å². The molecule has 14 heavy (non-hydrogen) atoms. The Kier molecular flexibility index (Phi) is 2.72. The predicted molar refractivity (Wildman–Crippen MR) is 55.6 cm³/mol. The van der Waals surface area contributed by atoms with Gasteiger partial charge in [-0.2, -0.15) is 5.10 Å². The van der Waals surface area contributed by atoms with Gasteiger partial charge in [0, 0.05) is 33.5 Å². The molecule has 2 heterocycles. The number of ether oxygens (including phenoxy) is 1. The van der Waals surface area contributed by atoms with Crippen LogP contribution in [0.15, 0.2) is 12.4 Å². The lowest BCUT2D eigenvalue weighted by Crippen LogP contribution is -2.19. The first-order chi connectivity index (χ1) is 6.77. The van der Waals surface area contributed by atoms with Crippen LogP contribution in [0.4, 0.5) is 5.69 Å². The van der Waals surface area contributed by atoms with E-state index in [0.717, 1.165) is 31.7 Å². The molecule has 0 bridgehead atoms. The number of rotatable bonds is 2. The summed E-state index contributed by atoms with van der Waals surface area (Å²) in [5, 5.41) is 4.38. The third-order valence-corrected chi connectivity index (χ3v) is 2.67. The van der Waals surface area contributed by atoms with Crippen LogP contribution in [0, 0.1) is 0 Å². The molecule has 0 unspecified atom stereocenters. The van der Waals surface area contributed by atoms with Crippen molar-refractivity contribution in [3.05, 3.63) is 12.4 Å². The summed E-state index contributed by atoms with van der Waals surface area (Å²) in [7, 11) is 4.07. The Balaban J connectivity index is 2.07. The molecule has 4 heteroatoms. The van der Waals surface area contributed by atoms with E-state index in [-0.39, 0.29) is 0 Å². The van der Waals surface area contributed by atoms with E-state index in [0.29, 0.717) is 6.04 Å². The van der Waals surface area contributed by atoms with E-state index in [1.165, 1.54) is 0 Å². The van der Waals surface area contributed by atoms with Crippen LogP contribution in [-0.4, -0.2) is 37.1 Å². The Bertz CT molecular complexity index is 289. The molecule has 1 fully saturated rings. The lowest BCUT2D eigenvalue weighted by molar-refractivity contribution is 0.0662. The van der Waals surface area contributed by atoms with Gasteiger partial charge in [0.25, 0.3) is 0 Å². The van der Waals surface area contributed by atoms with E-state index in [1.807, 2.05) is 20.3 Å². The summed E-state index contributed by atoms with van der Waals surface area (Å²) in [5.74, 6) is 0. The fourth-order valence-electron chi connectivity index (χ4n) is 1.71. The number of hydrogen-bond donors (Lipinski definition) is 0. The van der Waals surface area contributed by atoms with Crippen LogP contribution in [0.3, 0.4) is 0 Å². The minimum atomic E-state index is 0.525. The Labute approximate surface area is 84.5 Å². The molecule has 1 saturated heterocycles. The monoisotopic (exact) mass is 195 g/mol. The molecule has 1 aromatic heterocycles. The van der Waals surface area contributed by atoms with Gasteiger partial charge in [0.1, 0.15) is 0 Å². The topological polar surface area (TPSA) is 30.3 Å². The summed E-state index contributed by atoms with van der Waals surface area (Å²) in [5.41, 5.74) is 1.16. The van der Waals surface area contributed by atoms with Gasteiger partial charge in [0.2, 0.25) is 0 Å². The molecule has 0 saturated carbocycles. The zero-order valence-corrected chi connectivity index (χ0v) is 8.81. The first-order valence-corrected chi connectivity index (χ1v) is 5.06. The Morgan fingerprint density at radius 1 is 1.43 bits per heavy atom. The van der Waals surface area contributed by atoms with Gasteiger partial charge in [-0.25, -0.2) is 0 Å². The van der Waals surface area contributed by atoms with E-state index in [2.05, 4.69) is 20.9 Å². The van der Waals surface area contributed by atoms with Crippen LogP contribution in [0.2, 0.25) is 0 Å². The maximum Gasteiger partial charge on any atom is 0.0747 e. The van der Waals surface area contributed by atoms with Crippen LogP contribution >= 0.6 is 0 Å². The lowest BCUT2D eigenvalue weighted by Gasteiger charge is -2.22. The molecule has 0 atom stereocenters.